The minimum absolute atomic E-state index is 0.0434. The lowest BCUT2D eigenvalue weighted by atomic mass is 10.3. The van der Waals surface area contributed by atoms with Gasteiger partial charge in [-0.15, -0.1) is 5.10 Å². The van der Waals surface area contributed by atoms with Gasteiger partial charge in [-0.05, 0) is 19.1 Å². The molecule has 0 atom stereocenters. The molecule has 2 rings (SSSR count). The molecule has 0 unspecified atom stereocenters. The number of hydrogen-bond acceptors (Lipinski definition) is 5. The summed E-state index contributed by atoms with van der Waals surface area (Å²) in [5, 5.41) is 18.3. The second kappa shape index (κ2) is 5.25. The lowest BCUT2D eigenvalue weighted by Crippen LogP contribution is -2.13. The predicted molar refractivity (Wildman–Crippen MR) is 64.6 cm³/mol. The molecule has 98 valence electrons. The van der Waals surface area contributed by atoms with E-state index in [-0.39, 0.29) is 12.2 Å². The Hall–Kier alpha value is -2.77. The van der Waals surface area contributed by atoms with E-state index in [4.69, 9.17) is 5.11 Å². The zero-order chi connectivity index (χ0) is 13.8. The molecule has 2 aromatic heterocycles. The fourth-order valence-electron chi connectivity index (χ4n) is 1.36. The van der Waals surface area contributed by atoms with E-state index in [1.165, 1.54) is 12.4 Å². The van der Waals surface area contributed by atoms with Crippen molar-refractivity contribution in [1.29, 1.82) is 0 Å². The van der Waals surface area contributed by atoms with E-state index in [0.717, 1.165) is 10.4 Å². The van der Waals surface area contributed by atoms with E-state index < -0.39 is 11.9 Å². The number of aliphatic carboxylic acids is 1. The third kappa shape index (κ3) is 3.35. The van der Waals surface area contributed by atoms with Crippen LogP contribution in [-0.4, -0.2) is 37.0 Å². The quantitative estimate of drug-likeness (QED) is 0.820. The molecule has 8 nitrogen and oxygen atoms in total. The Morgan fingerprint density at radius 1 is 1.42 bits per heavy atom. The standard InChI is InChI=1S/C11H11N5O3/c1-7-2-3-8(4-12-7)13-11(19)9-5-16(15-14-9)6-10(17)18/h2-5H,6H2,1H3,(H,13,19)(H,17,18). The molecule has 0 bridgehead atoms. The summed E-state index contributed by atoms with van der Waals surface area (Å²) >= 11 is 0. The van der Waals surface area contributed by atoms with Crippen molar-refractivity contribution in [3.63, 3.8) is 0 Å². The number of carbonyl (C=O) groups excluding carboxylic acids is 1. The summed E-state index contributed by atoms with van der Waals surface area (Å²) in [7, 11) is 0. The van der Waals surface area contributed by atoms with Crippen molar-refractivity contribution >= 4 is 17.6 Å². The molecular formula is C11H11N5O3. The highest BCUT2D eigenvalue weighted by Crippen LogP contribution is 2.07. The van der Waals surface area contributed by atoms with Crippen molar-refractivity contribution in [2.45, 2.75) is 13.5 Å². The summed E-state index contributed by atoms with van der Waals surface area (Å²) in [6.07, 6.45) is 2.79. The van der Waals surface area contributed by atoms with Crippen molar-refractivity contribution in [3.8, 4) is 0 Å². The maximum absolute atomic E-state index is 11.8. The van der Waals surface area contributed by atoms with Crippen LogP contribution in [0.15, 0.2) is 24.5 Å². The second-order valence-electron chi connectivity index (χ2n) is 3.84. The Labute approximate surface area is 108 Å². The number of pyridine rings is 1. The lowest BCUT2D eigenvalue weighted by Gasteiger charge is -2.01. The van der Waals surface area contributed by atoms with E-state index in [2.05, 4.69) is 20.6 Å². The average Bonchev–Trinajstić information content (AvgIpc) is 2.80. The fourth-order valence-corrected chi connectivity index (χ4v) is 1.36. The summed E-state index contributed by atoms with van der Waals surface area (Å²) in [6.45, 7) is 1.50. The van der Waals surface area contributed by atoms with Gasteiger partial charge in [0.1, 0.15) is 6.54 Å². The molecule has 19 heavy (non-hydrogen) atoms. The van der Waals surface area contributed by atoms with Gasteiger partial charge in [-0.25, -0.2) is 4.68 Å². The number of rotatable bonds is 4. The second-order valence-corrected chi connectivity index (χ2v) is 3.84. The Kier molecular flexibility index (Phi) is 3.51. The third-order valence-corrected chi connectivity index (χ3v) is 2.24. The first kappa shape index (κ1) is 12.7. The minimum atomic E-state index is -1.06. The predicted octanol–water partition coefficient (Wildman–Crippen LogP) is 0.318. The first-order valence-electron chi connectivity index (χ1n) is 5.40. The number of carbonyl (C=O) groups is 2. The van der Waals surface area contributed by atoms with Crippen LogP contribution in [0.5, 0.6) is 0 Å². The van der Waals surface area contributed by atoms with Gasteiger partial charge in [0.25, 0.3) is 5.91 Å². The van der Waals surface area contributed by atoms with Gasteiger partial charge in [-0.1, -0.05) is 5.21 Å². The zero-order valence-corrected chi connectivity index (χ0v) is 10.1. The van der Waals surface area contributed by atoms with E-state index in [9.17, 15) is 9.59 Å². The van der Waals surface area contributed by atoms with Gasteiger partial charge in [-0.3, -0.25) is 14.6 Å². The summed E-state index contributed by atoms with van der Waals surface area (Å²) < 4.78 is 1.07. The highest BCUT2D eigenvalue weighted by Gasteiger charge is 2.12. The van der Waals surface area contributed by atoms with Gasteiger partial charge >= 0.3 is 5.97 Å². The van der Waals surface area contributed by atoms with Crippen LogP contribution in [0.2, 0.25) is 0 Å². The Morgan fingerprint density at radius 3 is 2.84 bits per heavy atom. The number of anilines is 1. The van der Waals surface area contributed by atoms with E-state index in [1.54, 1.807) is 12.1 Å². The van der Waals surface area contributed by atoms with Crippen LogP contribution in [-0.2, 0) is 11.3 Å². The van der Waals surface area contributed by atoms with Crippen molar-refractivity contribution in [1.82, 2.24) is 20.0 Å². The van der Waals surface area contributed by atoms with Crippen LogP contribution in [0.4, 0.5) is 5.69 Å². The molecule has 2 N–H and O–H groups in total. The number of aryl methyl sites for hydroxylation is 1. The van der Waals surface area contributed by atoms with Crippen molar-refractivity contribution in [3.05, 3.63) is 35.9 Å². The number of nitrogens with zero attached hydrogens (tertiary/aromatic N) is 4. The molecule has 0 aliphatic carbocycles. The molecule has 1 amide bonds. The minimum Gasteiger partial charge on any atom is -0.480 e. The van der Waals surface area contributed by atoms with E-state index in [1.807, 2.05) is 6.92 Å². The van der Waals surface area contributed by atoms with Gasteiger partial charge in [0.2, 0.25) is 0 Å². The number of carboxylic acids is 1. The topological polar surface area (TPSA) is 110 Å². The SMILES string of the molecule is Cc1ccc(NC(=O)c2cn(CC(=O)O)nn2)cn1. The number of carboxylic acid groups (broad SMARTS) is 1. The number of nitrogens with one attached hydrogen (secondary N) is 1. The first-order chi connectivity index (χ1) is 9.04. The molecule has 0 aliphatic heterocycles. The molecule has 0 spiro atoms. The maximum atomic E-state index is 11.8. The summed E-state index contributed by atoms with van der Waals surface area (Å²) in [6, 6.07) is 3.47. The molecular weight excluding hydrogens is 250 g/mol. The van der Waals surface area contributed by atoms with Gasteiger partial charge in [0, 0.05) is 5.69 Å². The Bertz CT molecular complexity index is 605. The maximum Gasteiger partial charge on any atom is 0.325 e. The van der Waals surface area contributed by atoms with Gasteiger partial charge < -0.3 is 10.4 Å². The van der Waals surface area contributed by atoms with Crippen LogP contribution in [0.25, 0.3) is 0 Å². The summed E-state index contributed by atoms with van der Waals surface area (Å²) in [5.41, 5.74) is 1.41. The smallest absolute Gasteiger partial charge is 0.325 e. The van der Waals surface area contributed by atoms with Crippen LogP contribution in [0.1, 0.15) is 16.2 Å². The Balaban J connectivity index is 2.05. The number of amides is 1. The van der Waals surface area contributed by atoms with Crippen LogP contribution in [0, 0.1) is 6.92 Å². The summed E-state index contributed by atoms with van der Waals surface area (Å²) in [5.74, 6) is -1.53. The number of hydrogen-bond donors (Lipinski definition) is 2. The Morgan fingerprint density at radius 2 is 2.21 bits per heavy atom. The molecule has 0 saturated heterocycles. The summed E-state index contributed by atoms with van der Waals surface area (Å²) in [4.78, 5) is 26.3. The van der Waals surface area contributed by atoms with Crippen LogP contribution in [0.3, 0.4) is 0 Å². The highest BCUT2D eigenvalue weighted by atomic mass is 16.4. The monoisotopic (exact) mass is 261 g/mol. The molecule has 0 aliphatic rings. The van der Waals surface area contributed by atoms with E-state index in [0.29, 0.717) is 5.69 Å². The molecule has 0 radical (unpaired) electrons. The average molecular weight is 261 g/mol. The van der Waals surface area contributed by atoms with E-state index >= 15 is 0 Å². The molecule has 0 aromatic carbocycles. The van der Waals surface area contributed by atoms with Gasteiger partial charge in [0.15, 0.2) is 5.69 Å². The van der Waals surface area contributed by atoms with Crippen molar-refractivity contribution in [2.75, 3.05) is 5.32 Å². The largest absolute Gasteiger partial charge is 0.480 e. The normalized spacial score (nSPS) is 10.2. The molecule has 8 heteroatoms. The van der Waals surface area contributed by atoms with Crippen molar-refractivity contribution in [2.24, 2.45) is 0 Å². The van der Waals surface area contributed by atoms with Crippen LogP contribution < -0.4 is 5.32 Å². The van der Waals surface area contributed by atoms with Gasteiger partial charge in [0.05, 0.1) is 18.1 Å². The molecule has 0 fully saturated rings. The number of aromatic nitrogens is 4. The lowest BCUT2D eigenvalue weighted by molar-refractivity contribution is -0.137. The third-order valence-electron chi connectivity index (χ3n) is 2.24. The molecule has 0 saturated carbocycles. The first-order valence-corrected chi connectivity index (χ1v) is 5.40. The van der Waals surface area contributed by atoms with Crippen LogP contribution >= 0.6 is 0 Å². The van der Waals surface area contributed by atoms with Crippen molar-refractivity contribution < 1.29 is 14.7 Å². The zero-order valence-electron chi connectivity index (χ0n) is 10.1. The highest BCUT2D eigenvalue weighted by molar-refractivity contribution is 6.02. The molecule has 2 heterocycles. The van der Waals surface area contributed by atoms with Gasteiger partial charge in [-0.2, -0.15) is 0 Å². The molecule has 2 aromatic rings. The fraction of sp³-hybridized carbons (Fsp3) is 0.182.